The number of esters is 1. The van der Waals surface area contributed by atoms with Gasteiger partial charge in [0.15, 0.2) is 5.78 Å². The molecule has 0 aliphatic carbocycles. The zero-order chi connectivity index (χ0) is 18.1. The monoisotopic (exact) mass is 337 g/mol. The van der Waals surface area contributed by atoms with Crippen molar-refractivity contribution in [3.05, 3.63) is 58.2 Å². The molecular weight excluding hydrogens is 318 g/mol. The molecule has 128 valence electrons. The third-order valence-electron chi connectivity index (χ3n) is 4.18. The molecule has 0 atom stereocenters. The van der Waals surface area contributed by atoms with Gasteiger partial charge in [-0.1, -0.05) is 12.1 Å². The van der Waals surface area contributed by atoms with Crippen LogP contribution in [0.4, 0.5) is 0 Å². The van der Waals surface area contributed by atoms with Crippen LogP contribution in [0.2, 0.25) is 0 Å². The first-order valence-corrected chi connectivity index (χ1v) is 7.98. The second-order valence-electron chi connectivity index (χ2n) is 6.00. The predicted molar refractivity (Wildman–Crippen MR) is 93.7 cm³/mol. The van der Waals surface area contributed by atoms with Gasteiger partial charge >= 0.3 is 5.97 Å². The topological polar surface area (TPSA) is 84.9 Å². The highest BCUT2D eigenvalue weighted by Crippen LogP contribution is 2.20. The van der Waals surface area contributed by atoms with E-state index in [4.69, 9.17) is 4.74 Å². The number of ether oxygens (including phenoxy) is 1. The average Bonchev–Trinajstić information content (AvgIpc) is 2.87. The summed E-state index contributed by atoms with van der Waals surface area (Å²) in [6.45, 7) is 6.83. The fourth-order valence-corrected chi connectivity index (χ4v) is 2.95. The summed E-state index contributed by atoms with van der Waals surface area (Å²) in [6.07, 6.45) is 0. The molecule has 2 heterocycles. The molecule has 0 radical (unpaired) electrons. The minimum atomic E-state index is -0.512. The van der Waals surface area contributed by atoms with Crippen molar-refractivity contribution in [3.8, 4) is 0 Å². The number of fused-ring (bicyclic) bond motifs is 1. The molecule has 0 amide bonds. The Labute approximate surface area is 145 Å². The SMILES string of the molecule is CC(=O)c1c(C)[nH]c(C(=O)OCc2nc3ccccc3nc2C)c1C. The highest BCUT2D eigenvalue weighted by atomic mass is 16.5. The first-order valence-electron chi connectivity index (χ1n) is 7.98. The number of rotatable bonds is 4. The number of aromatic amines is 1. The molecule has 6 heteroatoms. The Kier molecular flexibility index (Phi) is 4.35. The molecule has 0 fully saturated rings. The Morgan fingerprint density at radius 1 is 1.08 bits per heavy atom. The van der Waals surface area contributed by atoms with E-state index in [2.05, 4.69) is 15.0 Å². The summed E-state index contributed by atoms with van der Waals surface area (Å²) in [5, 5.41) is 0. The van der Waals surface area contributed by atoms with E-state index in [-0.39, 0.29) is 12.4 Å². The van der Waals surface area contributed by atoms with Gasteiger partial charge in [0.25, 0.3) is 0 Å². The summed E-state index contributed by atoms with van der Waals surface area (Å²) in [7, 11) is 0. The van der Waals surface area contributed by atoms with Crippen LogP contribution in [0.5, 0.6) is 0 Å². The van der Waals surface area contributed by atoms with Gasteiger partial charge in [0, 0.05) is 11.3 Å². The molecule has 3 aromatic rings. The number of aromatic nitrogens is 3. The van der Waals surface area contributed by atoms with Crippen LogP contribution < -0.4 is 0 Å². The first-order chi connectivity index (χ1) is 11.9. The molecule has 1 aromatic carbocycles. The van der Waals surface area contributed by atoms with E-state index in [0.29, 0.717) is 28.2 Å². The molecule has 0 aliphatic rings. The number of ketones is 1. The smallest absolute Gasteiger partial charge is 0.355 e. The fourth-order valence-electron chi connectivity index (χ4n) is 2.95. The largest absolute Gasteiger partial charge is 0.454 e. The number of hydrogen-bond donors (Lipinski definition) is 1. The molecule has 1 N–H and O–H groups in total. The average molecular weight is 337 g/mol. The lowest BCUT2D eigenvalue weighted by molar-refractivity contribution is 0.0460. The Morgan fingerprint density at radius 3 is 2.32 bits per heavy atom. The van der Waals surface area contributed by atoms with Crippen LogP contribution in [0.15, 0.2) is 24.3 Å². The number of H-pyrrole nitrogens is 1. The normalized spacial score (nSPS) is 10.9. The number of para-hydroxylation sites is 2. The minimum Gasteiger partial charge on any atom is -0.454 e. The van der Waals surface area contributed by atoms with E-state index in [1.54, 1.807) is 13.8 Å². The van der Waals surface area contributed by atoms with Gasteiger partial charge < -0.3 is 9.72 Å². The molecule has 0 aliphatic heterocycles. The van der Waals surface area contributed by atoms with Crippen LogP contribution in [-0.4, -0.2) is 26.7 Å². The summed E-state index contributed by atoms with van der Waals surface area (Å²) in [5.74, 6) is -0.594. The number of Topliss-reactive ketones (excluding diaryl/α,β-unsaturated/α-hetero) is 1. The summed E-state index contributed by atoms with van der Waals surface area (Å²) in [6, 6.07) is 7.54. The molecule has 25 heavy (non-hydrogen) atoms. The van der Waals surface area contributed by atoms with E-state index in [1.165, 1.54) is 6.92 Å². The number of aryl methyl sites for hydroxylation is 2. The fraction of sp³-hybridized carbons (Fsp3) is 0.263. The van der Waals surface area contributed by atoms with Gasteiger partial charge in [-0.2, -0.15) is 0 Å². The van der Waals surface area contributed by atoms with E-state index < -0.39 is 5.97 Å². The minimum absolute atomic E-state index is 0.0232. The highest BCUT2D eigenvalue weighted by molar-refractivity contribution is 6.01. The van der Waals surface area contributed by atoms with Crippen molar-refractivity contribution >= 4 is 22.8 Å². The Morgan fingerprint density at radius 2 is 1.72 bits per heavy atom. The zero-order valence-corrected chi connectivity index (χ0v) is 14.6. The van der Waals surface area contributed by atoms with Crippen LogP contribution in [-0.2, 0) is 11.3 Å². The molecule has 0 bridgehead atoms. The number of carbonyl (C=O) groups is 2. The van der Waals surface area contributed by atoms with Gasteiger partial charge in [0.05, 0.1) is 22.4 Å². The highest BCUT2D eigenvalue weighted by Gasteiger charge is 2.21. The lowest BCUT2D eigenvalue weighted by atomic mass is 10.1. The summed E-state index contributed by atoms with van der Waals surface area (Å²) in [4.78, 5) is 36.0. The zero-order valence-electron chi connectivity index (χ0n) is 14.6. The third-order valence-corrected chi connectivity index (χ3v) is 4.18. The maximum Gasteiger partial charge on any atom is 0.355 e. The van der Waals surface area contributed by atoms with Gasteiger partial charge in [-0.3, -0.25) is 4.79 Å². The number of benzene rings is 1. The number of nitrogens with one attached hydrogen (secondary N) is 1. The molecular formula is C19H19N3O3. The van der Waals surface area contributed by atoms with E-state index in [0.717, 1.165) is 16.7 Å². The first kappa shape index (κ1) is 16.8. The molecule has 0 spiro atoms. The van der Waals surface area contributed by atoms with Crippen LogP contribution in [0.1, 0.15) is 50.4 Å². The van der Waals surface area contributed by atoms with Crippen LogP contribution >= 0.6 is 0 Å². The Balaban J connectivity index is 1.82. The van der Waals surface area contributed by atoms with Crippen molar-refractivity contribution < 1.29 is 14.3 Å². The lowest BCUT2D eigenvalue weighted by Crippen LogP contribution is -2.10. The third kappa shape index (κ3) is 3.15. The maximum atomic E-state index is 12.4. The van der Waals surface area contributed by atoms with E-state index in [1.807, 2.05) is 31.2 Å². The van der Waals surface area contributed by atoms with Crippen LogP contribution in [0.25, 0.3) is 11.0 Å². The van der Waals surface area contributed by atoms with Crippen molar-refractivity contribution in [1.82, 2.24) is 15.0 Å². The summed E-state index contributed by atoms with van der Waals surface area (Å²) >= 11 is 0. The molecule has 6 nitrogen and oxygen atoms in total. The standard InChI is InChI=1S/C19H19N3O3/c1-10-17(13(4)23)12(3)21-18(10)19(24)25-9-16-11(2)20-14-7-5-6-8-15(14)22-16/h5-8,21H,9H2,1-4H3. The number of nitrogens with zero attached hydrogens (tertiary/aromatic N) is 2. The Bertz CT molecular complexity index is 989. The van der Waals surface area contributed by atoms with Crippen molar-refractivity contribution in [3.63, 3.8) is 0 Å². The van der Waals surface area contributed by atoms with Crippen LogP contribution in [0.3, 0.4) is 0 Å². The van der Waals surface area contributed by atoms with Crippen molar-refractivity contribution in [2.75, 3.05) is 0 Å². The molecule has 0 saturated carbocycles. The maximum absolute atomic E-state index is 12.4. The lowest BCUT2D eigenvalue weighted by Gasteiger charge is -2.08. The van der Waals surface area contributed by atoms with Gasteiger partial charge in [-0.05, 0) is 45.4 Å². The van der Waals surface area contributed by atoms with Gasteiger partial charge in [-0.15, -0.1) is 0 Å². The molecule has 3 rings (SSSR count). The Hall–Kier alpha value is -3.02. The number of carbonyl (C=O) groups excluding carboxylic acids is 2. The van der Waals surface area contributed by atoms with Gasteiger partial charge in [0.2, 0.25) is 0 Å². The van der Waals surface area contributed by atoms with Gasteiger partial charge in [0.1, 0.15) is 12.3 Å². The van der Waals surface area contributed by atoms with Crippen molar-refractivity contribution in [2.24, 2.45) is 0 Å². The molecule has 0 saturated heterocycles. The predicted octanol–water partition coefficient (Wildman–Crippen LogP) is 3.44. The van der Waals surface area contributed by atoms with E-state index >= 15 is 0 Å². The van der Waals surface area contributed by atoms with Gasteiger partial charge in [-0.25, -0.2) is 14.8 Å². The second-order valence-corrected chi connectivity index (χ2v) is 6.00. The van der Waals surface area contributed by atoms with E-state index in [9.17, 15) is 9.59 Å². The second kappa shape index (κ2) is 6.47. The number of hydrogen-bond acceptors (Lipinski definition) is 5. The summed E-state index contributed by atoms with van der Waals surface area (Å²) in [5.41, 5.74) is 5.00. The van der Waals surface area contributed by atoms with Crippen LogP contribution in [0, 0.1) is 20.8 Å². The summed E-state index contributed by atoms with van der Waals surface area (Å²) < 4.78 is 5.39. The van der Waals surface area contributed by atoms with Crippen molar-refractivity contribution in [2.45, 2.75) is 34.3 Å². The molecule has 2 aromatic heterocycles. The van der Waals surface area contributed by atoms with Crippen molar-refractivity contribution in [1.29, 1.82) is 0 Å². The molecule has 0 unspecified atom stereocenters. The quantitative estimate of drug-likeness (QED) is 0.582.